The number of hydrogen-bond donors (Lipinski definition) is 2. The average molecular weight is 553 g/mol. The van der Waals surface area contributed by atoms with Crippen LogP contribution in [0.25, 0.3) is 44.3 Å². The average Bonchev–Trinajstić information content (AvgIpc) is 2.93. The number of pyridine rings is 1. The van der Waals surface area contributed by atoms with Crippen LogP contribution in [0.15, 0.2) is 95.8 Å². The Morgan fingerprint density at radius 3 is 2.33 bits per heavy atom. The quantitative estimate of drug-likeness (QED) is 0.214. The number of esters is 1. The highest BCUT2D eigenvalue weighted by Gasteiger charge is 2.14. The van der Waals surface area contributed by atoms with Gasteiger partial charge in [0.1, 0.15) is 12.4 Å². The van der Waals surface area contributed by atoms with E-state index in [9.17, 15) is 14.7 Å². The number of hydrogen-bond acceptors (Lipinski definition) is 5. The van der Waals surface area contributed by atoms with Crippen LogP contribution in [-0.4, -0.2) is 48.2 Å². The Hall–Kier alpha value is -4.39. The Bertz CT molecular complexity index is 1750. The number of nitrogens with one attached hydrogen (secondary N) is 1. The third kappa shape index (κ3) is 6.09. The Balaban J connectivity index is 1.46. The van der Waals surface area contributed by atoms with Crippen molar-refractivity contribution in [2.45, 2.75) is 6.42 Å². The topological polar surface area (TPSA) is 82.6 Å². The van der Waals surface area contributed by atoms with Gasteiger partial charge in [-0.1, -0.05) is 78.3 Å². The lowest BCUT2D eigenvalue weighted by molar-refractivity contribution is -0.143. The third-order valence-corrected chi connectivity index (χ3v) is 7.03. The molecule has 1 aromatic heterocycles. The molecule has 4 aromatic carbocycles. The van der Waals surface area contributed by atoms with Crippen molar-refractivity contribution in [3.63, 3.8) is 0 Å². The minimum Gasteiger partial charge on any atom is -0.507 e. The number of phenols is 1. The first-order valence-electron chi connectivity index (χ1n) is 12.9. The normalized spacial score (nSPS) is 11.2. The number of ether oxygens (including phenoxy) is 1. The number of fused-ring (bicyclic) bond motifs is 1. The molecule has 0 amide bonds. The number of likely N-dealkylation sites (N-methyl/N-ethyl adjacent to an activating group) is 1. The molecule has 40 heavy (non-hydrogen) atoms. The van der Waals surface area contributed by atoms with Gasteiger partial charge in [0.25, 0.3) is 5.56 Å². The molecule has 1 heterocycles. The summed E-state index contributed by atoms with van der Waals surface area (Å²) in [5.74, 6) is -0.161. The van der Waals surface area contributed by atoms with Gasteiger partial charge in [-0.3, -0.25) is 9.59 Å². The number of H-pyrrole nitrogens is 1. The van der Waals surface area contributed by atoms with Gasteiger partial charge in [0.15, 0.2) is 0 Å². The number of carbonyl (C=O) groups excluding carboxylic acids is 1. The molecule has 202 valence electrons. The highest BCUT2D eigenvalue weighted by atomic mass is 35.5. The van der Waals surface area contributed by atoms with Gasteiger partial charge in [0.2, 0.25) is 0 Å². The zero-order chi connectivity index (χ0) is 28.2. The monoisotopic (exact) mass is 552 g/mol. The lowest BCUT2D eigenvalue weighted by atomic mass is 9.97. The van der Waals surface area contributed by atoms with Crippen molar-refractivity contribution in [2.75, 3.05) is 27.2 Å². The van der Waals surface area contributed by atoms with Crippen LogP contribution in [0.5, 0.6) is 5.75 Å². The molecule has 0 saturated heterocycles. The fourth-order valence-corrected chi connectivity index (χ4v) is 4.91. The van der Waals surface area contributed by atoms with E-state index in [0.29, 0.717) is 34.8 Å². The van der Waals surface area contributed by atoms with Crippen molar-refractivity contribution in [2.24, 2.45) is 0 Å². The predicted octanol–water partition coefficient (Wildman–Crippen LogP) is 6.54. The van der Waals surface area contributed by atoms with Crippen LogP contribution < -0.4 is 5.56 Å². The van der Waals surface area contributed by atoms with E-state index in [1.165, 1.54) is 0 Å². The summed E-state index contributed by atoms with van der Waals surface area (Å²) in [5.41, 5.74) is 5.42. The van der Waals surface area contributed by atoms with E-state index in [2.05, 4.69) is 4.98 Å². The molecule has 0 fully saturated rings. The molecule has 0 aliphatic heterocycles. The third-order valence-electron chi connectivity index (χ3n) is 6.71. The molecule has 7 heteroatoms. The summed E-state index contributed by atoms with van der Waals surface area (Å²) in [6, 6.07) is 27.9. The number of phenolic OH excluding ortho intramolecular Hbond substituents is 1. The van der Waals surface area contributed by atoms with Gasteiger partial charge in [0, 0.05) is 28.8 Å². The molecule has 0 aliphatic carbocycles. The van der Waals surface area contributed by atoms with E-state index in [0.717, 1.165) is 33.2 Å². The van der Waals surface area contributed by atoms with E-state index >= 15 is 0 Å². The summed E-state index contributed by atoms with van der Waals surface area (Å²) in [6.45, 7) is 0.981. The Labute approximate surface area is 237 Å². The van der Waals surface area contributed by atoms with Crippen LogP contribution in [0, 0.1) is 0 Å². The van der Waals surface area contributed by atoms with Gasteiger partial charge in [-0.2, -0.15) is 0 Å². The molecule has 6 nitrogen and oxygen atoms in total. The summed E-state index contributed by atoms with van der Waals surface area (Å²) >= 11 is 6.63. The number of halogens is 1. The van der Waals surface area contributed by atoms with Gasteiger partial charge in [-0.15, -0.1) is 0 Å². The second kappa shape index (κ2) is 11.8. The first kappa shape index (κ1) is 27.2. The van der Waals surface area contributed by atoms with Gasteiger partial charge in [-0.05, 0) is 66.0 Å². The molecule has 0 radical (unpaired) electrons. The van der Waals surface area contributed by atoms with Crippen LogP contribution in [-0.2, 0) is 16.0 Å². The molecule has 0 unspecified atom stereocenters. The van der Waals surface area contributed by atoms with Crippen LogP contribution in [0.3, 0.4) is 0 Å². The maximum atomic E-state index is 13.0. The SMILES string of the molecule is CN(C)CCOC(=O)Cc1cccc(-c2cc3cc(-c4ccc(-c5ccccc5)c(O)c4)c(Cl)cc3[nH]c2=O)c1. The highest BCUT2D eigenvalue weighted by molar-refractivity contribution is 6.34. The number of aromatic amines is 1. The molecule has 5 rings (SSSR count). The molecular weight excluding hydrogens is 524 g/mol. The molecule has 0 spiro atoms. The van der Waals surface area contributed by atoms with E-state index in [1.54, 1.807) is 12.1 Å². The number of rotatable bonds is 8. The van der Waals surface area contributed by atoms with Crippen molar-refractivity contribution in [3.05, 3.63) is 112 Å². The molecule has 0 atom stereocenters. The Morgan fingerprint density at radius 1 is 0.850 bits per heavy atom. The Kier molecular flexibility index (Phi) is 8.01. The van der Waals surface area contributed by atoms with Crippen molar-refractivity contribution < 1.29 is 14.6 Å². The lowest BCUT2D eigenvalue weighted by Crippen LogP contribution is -2.20. The minimum atomic E-state index is -0.313. The van der Waals surface area contributed by atoms with E-state index in [4.69, 9.17) is 16.3 Å². The fourth-order valence-electron chi connectivity index (χ4n) is 4.63. The maximum Gasteiger partial charge on any atom is 0.310 e. The van der Waals surface area contributed by atoms with Crippen LogP contribution in [0.4, 0.5) is 0 Å². The maximum absolute atomic E-state index is 13.0. The molecule has 5 aromatic rings. The van der Waals surface area contributed by atoms with Crippen molar-refractivity contribution in [3.8, 4) is 39.1 Å². The summed E-state index contributed by atoms with van der Waals surface area (Å²) < 4.78 is 5.31. The summed E-state index contributed by atoms with van der Waals surface area (Å²) in [6.07, 6.45) is 0.120. The molecule has 0 aliphatic rings. The highest BCUT2D eigenvalue weighted by Crippen LogP contribution is 2.37. The largest absolute Gasteiger partial charge is 0.507 e. The first-order valence-corrected chi connectivity index (χ1v) is 13.3. The number of benzene rings is 4. The van der Waals surface area contributed by atoms with Crippen molar-refractivity contribution in [1.29, 1.82) is 0 Å². The van der Waals surface area contributed by atoms with Gasteiger partial charge < -0.3 is 19.7 Å². The van der Waals surface area contributed by atoms with Crippen LogP contribution in [0.2, 0.25) is 5.02 Å². The van der Waals surface area contributed by atoms with E-state index in [-0.39, 0.29) is 23.7 Å². The zero-order valence-corrected chi connectivity index (χ0v) is 23.0. The van der Waals surface area contributed by atoms with Crippen LogP contribution in [0.1, 0.15) is 5.56 Å². The fraction of sp³-hybridized carbons (Fsp3) is 0.152. The number of aromatic hydroxyl groups is 1. The summed E-state index contributed by atoms with van der Waals surface area (Å²) in [7, 11) is 3.83. The molecule has 0 bridgehead atoms. The molecular formula is C33H29ClN2O4. The second-order valence-electron chi connectivity index (χ2n) is 9.93. The lowest BCUT2D eigenvalue weighted by Gasteiger charge is -2.12. The predicted molar refractivity (Wildman–Crippen MR) is 161 cm³/mol. The second-order valence-corrected chi connectivity index (χ2v) is 10.3. The van der Waals surface area contributed by atoms with Gasteiger partial charge in [0.05, 0.1) is 11.4 Å². The summed E-state index contributed by atoms with van der Waals surface area (Å²) in [5, 5.41) is 12.0. The Morgan fingerprint density at radius 2 is 1.57 bits per heavy atom. The van der Waals surface area contributed by atoms with Crippen molar-refractivity contribution in [1.82, 2.24) is 9.88 Å². The van der Waals surface area contributed by atoms with Gasteiger partial charge in [-0.25, -0.2) is 0 Å². The van der Waals surface area contributed by atoms with E-state index in [1.807, 2.05) is 97.9 Å². The molecule has 0 saturated carbocycles. The van der Waals surface area contributed by atoms with Crippen LogP contribution >= 0.6 is 11.6 Å². The number of nitrogens with zero attached hydrogens (tertiary/aromatic N) is 1. The standard InChI is InChI=1S/C33H29ClN2O4/c1-36(2)13-14-40-32(38)16-21-7-6-10-23(15-21)28-18-25-17-27(29(34)20-30(25)35-33(28)39)24-11-12-26(31(37)19-24)22-8-4-3-5-9-22/h3-12,15,17-20,37H,13-14,16H2,1-2H3,(H,35,39). The van der Waals surface area contributed by atoms with E-state index < -0.39 is 0 Å². The molecule has 2 N–H and O–H groups in total. The number of carbonyl (C=O) groups is 1. The van der Waals surface area contributed by atoms with Crippen molar-refractivity contribution >= 4 is 28.5 Å². The van der Waals surface area contributed by atoms with Gasteiger partial charge >= 0.3 is 5.97 Å². The zero-order valence-electron chi connectivity index (χ0n) is 22.3. The summed E-state index contributed by atoms with van der Waals surface area (Å²) in [4.78, 5) is 30.2. The minimum absolute atomic E-state index is 0.120. The first-order chi connectivity index (χ1) is 19.3. The smallest absolute Gasteiger partial charge is 0.310 e. The number of aromatic nitrogens is 1.